The van der Waals surface area contributed by atoms with Crippen molar-refractivity contribution in [3.8, 4) is 17.0 Å². The van der Waals surface area contributed by atoms with Crippen LogP contribution in [0.4, 0.5) is 0 Å². The normalized spacial score (nSPS) is 27.8. The molecule has 1 N–H and O–H groups in total. The summed E-state index contributed by atoms with van der Waals surface area (Å²) in [5.41, 5.74) is 5.42. The molecule has 6 aliphatic rings. The van der Waals surface area contributed by atoms with Crippen molar-refractivity contribution in [3.63, 3.8) is 0 Å². The van der Waals surface area contributed by atoms with Crippen molar-refractivity contribution in [2.75, 3.05) is 39.8 Å². The topological polar surface area (TPSA) is 104 Å². The molecular formula is C39H49N5O5S. The number of ether oxygens (including phenoxy) is 1. The van der Waals surface area contributed by atoms with E-state index in [1.54, 1.807) is 13.2 Å². The molecular weight excluding hydrogens is 651 g/mol. The highest BCUT2D eigenvalue weighted by Crippen LogP contribution is 2.66. The first-order valence-electron chi connectivity index (χ1n) is 18.8. The zero-order valence-electron chi connectivity index (χ0n) is 29.5. The molecule has 2 aliphatic carbocycles. The number of nitrogens with zero attached hydrogens (tertiary/aromatic N) is 4. The second-order valence-corrected chi connectivity index (χ2v) is 18.0. The van der Waals surface area contributed by atoms with Gasteiger partial charge in [-0.15, -0.1) is 0 Å². The maximum absolute atomic E-state index is 15.0. The predicted molar refractivity (Wildman–Crippen MR) is 192 cm³/mol. The van der Waals surface area contributed by atoms with Crippen LogP contribution in [0.25, 0.3) is 22.2 Å². The summed E-state index contributed by atoms with van der Waals surface area (Å²) in [6.45, 7) is 8.72. The van der Waals surface area contributed by atoms with Gasteiger partial charge in [-0.05, 0) is 85.4 Å². The fraction of sp³-hybridized carbons (Fsp3) is 0.590. The minimum atomic E-state index is -3.89. The van der Waals surface area contributed by atoms with Crippen LogP contribution in [0.1, 0.15) is 98.5 Å². The lowest BCUT2D eigenvalue weighted by atomic mass is 9.81. The summed E-state index contributed by atoms with van der Waals surface area (Å²) in [4.78, 5) is 33.3. The van der Waals surface area contributed by atoms with Crippen molar-refractivity contribution in [2.45, 2.75) is 95.7 Å². The van der Waals surface area contributed by atoms with Crippen LogP contribution >= 0.6 is 0 Å². The Kier molecular flexibility index (Phi) is 7.68. The third-order valence-electron chi connectivity index (χ3n) is 12.8. The van der Waals surface area contributed by atoms with E-state index in [1.165, 1.54) is 34.7 Å². The summed E-state index contributed by atoms with van der Waals surface area (Å²) in [6.07, 6.45) is 8.42. The summed E-state index contributed by atoms with van der Waals surface area (Å²) < 4.78 is 37.5. The number of hydrogen-bond acceptors (Lipinski definition) is 6. The van der Waals surface area contributed by atoms with Crippen LogP contribution in [-0.4, -0.2) is 90.8 Å². The van der Waals surface area contributed by atoms with Gasteiger partial charge in [0.2, 0.25) is 5.91 Å². The van der Waals surface area contributed by atoms with E-state index in [-0.39, 0.29) is 17.9 Å². The average molecular weight is 700 g/mol. The van der Waals surface area contributed by atoms with Gasteiger partial charge in [0.25, 0.3) is 5.91 Å². The van der Waals surface area contributed by atoms with Gasteiger partial charge in [0.15, 0.2) is 0 Å². The summed E-state index contributed by atoms with van der Waals surface area (Å²) in [6, 6.07) is 12.7. The van der Waals surface area contributed by atoms with Gasteiger partial charge in [-0.1, -0.05) is 39.2 Å². The van der Waals surface area contributed by atoms with Crippen molar-refractivity contribution in [2.24, 2.45) is 11.3 Å². The molecule has 2 amide bonds. The van der Waals surface area contributed by atoms with Crippen molar-refractivity contribution >= 4 is 32.9 Å². The highest BCUT2D eigenvalue weighted by molar-refractivity contribution is 7.87. The number of hydrogen-bond donors (Lipinski definition) is 1. The number of piperazine rings is 1. The molecule has 2 aromatic carbocycles. The number of fused-ring (bicyclic) bond motifs is 9. The van der Waals surface area contributed by atoms with Crippen LogP contribution in [0.3, 0.4) is 0 Å². The zero-order chi connectivity index (χ0) is 34.5. The third kappa shape index (κ3) is 5.05. The van der Waals surface area contributed by atoms with Gasteiger partial charge in [0.1, 0.15) is 5.75 Å². The van der Waals surface area contributed by atoms with E-state index < -0.39 is 21.5 Å². The lowest BCUT2D eigenvalue weighted by molar-refractivity contribution is -0.140. The number of rotatable bonds is 8. The fourth-order valence-corrected chi connectivity index (χ4v) is 11.4. The highest BCUT2D eigenvalue weighted by atomic mass is 32.2. The Hall–Kier alpha value is -3.41. The number of likely N-dealkylation sites (tertiary alicyclic amines) is 2. The first-order valence-corrected chi connectivity index (χ1v) is 20.2. The Bertz CT molecular complexity index is 2000. The van der Waals surface area contributed by atoms with Crippen molar-refractivity contribution in [1.82, 2.24) is 23.4 Å². The minimum Gasteiger partial charge on any atom is -0.497 e. The monoisotopic (exact) mass is 699 g/mol. The number of amides is 2. The molecule has 1 aromatic heterocycles. The van der Waals surface area contributed by atoms with Gasteiger partial charge in [0, 0.05) is 79.3 Å². The average Bonchev–Trinajstić information content (AvgIpc) is 3.30. The second kappa shape index (κ2) is 11.8. The molecule has 2 bridgehead atoms. The van der Waals surface area contributed by atoms with Gasteiger partial charge < -0.3 is 14.2 Å². The van der Waals surface area contributed by atoms with E-state index in [0.29, 0.717) is 43.1 Å². The molecule has 3 aromatic rings. The van der Waals surface area contributed by atoms with E-state index in [2.05, 4.69) is 45.1 Å². The number of nitrogens with one attached hydrogen (secondary N) is 1. The molecule has 3 saturated heterocycles. The maximum Gasteiger partial charge on any atom is 0.304 e. The van der Waals surface area contributed by atoms with Gasteiger partial charge in [-0.2, -0.15) is 12.7 Å². The van der Waals surface area contributed by atoms with E-state index >= 15 is 4.79 Å². The van der Waals surface area contributed by atoms with E-state index in [0.717, 1.165) is 79.6 Å². The smallest absolute Gasteiger partial charge is 0.304 e. The largest absolute Gasteiger partial charge is 0.497 e. The predicted octanol–water partition coefficient (Wildman–Crippen LogP) is 5.47. The van der Waals surface area contributed by atoms with Crippen LogP contribution in [0.5, 0.6) is 5.75 Å². The Balaban J connectivity index is 1.17. The Morgan fingerprint density at radius 1 is 1.00 bits per heavy atom. The molecule has 0 radical (unpaired) electrons. The number of carbonyl (C=O) groups is 2. The minimum absolute atomic E-state index is 0.0771. The molecule has 2 saturated carbocycles. The van der Waals surface area contributed by atoms with Crippen molar-refractivity contribution in [3.05, 3.63) is 53.1 Å². The molecule has 2 unspecified atom stereocenters. The summed E-state index contributed by atoms with van der Waals surface area (Å²) in [5, 5.41) is 1.10. The van der Waals surface area contributed by atoms with Gasteiger partial charge in [0.05, 0.1) is 18.2 Å². The maximum atomic E-state index is 15.0. The molecule has 5 fully saturated rings. The van der Waals surface area contributed by atoms with Crippen LogP contribution in [-0.2, 0) is 21.5 Å². The molecule has 11 heteroatoms. The van der Waals surface area contributed by atoms with Crippen LogP contribution in [0.2, 0.25) is 0 Å². The Morgan fingerprint density at radius 2 is 1.80 bits per heavy atom. The lowest BCUT2D eigenvalue weighted by Gasteiger charge is -2.37. The van der Waals surface area contributed by atoms with Crippen LogP contribution in [0.15, 0.2) is 36.4 Å². The van der Waals surface area contributed by atoms with Crippen LogP contribution < -0.4 is 9.46 Å². The van der Waals surface area contributed by atoms with E-state index in [1.807, 2.05) is 18.2 Å². The van der Waals surface area contributed by atoms with Crippen LogP contribution in [0, 0.1) is 11.3 Å². The Labute approximate surface area is 295 Å². The van der Waals surface area contributed by atoms with Gasteiger partial charge in [-0.25, -0.2) is 4.72 Å². The van der Waals surface area contributed by atoms with Crippen molar-refractivity contribution < 1.29 is 22.7 Å². The Morgan fingerprint density at radius 3 is 2.48 bits per heavy atom. The molecule has 10 nitrogen and oxygen atoms in total. The molecule has 5 heterocycles. The van der Waals surface area contributed by atoms with E-state index in [9.17, 15) is 13.2 Å². The number of aromatic nitrogens is 1. The lowest BCUT2D eigenvalue weighted by Crippen LogP contribution is -2.52. The third-order valence-corrected chi connectivity index (χ3v) is 14.3. The first-order chi connectivity index (χ1) is 24.1. The fourth-order valence-electron chi connectivity index (χ4n) is 10.2. The quantitative estimate of drug-likeness (QED) is 0.335. The molecule has 9 rings (SSSR count). The molecule has 0 spiro atoms. The summed E-state index contributed by atoms with van der Waals surface area (Å²) >= 11 is 0. The summed E-state index contributed by atoms with van der Waals surface area (Å²) in [5.74, 6) is 1.48. The molecule has 266 valence electrons. The molecule has 50 heavy (non-hydrogen) atoms. The van der Waals surface area contributed by atoms with Crippen molar-refractivity contribution in [1.29, 1.82) is 0 Å². The molecule has 4 aliphatic heterocycles. The summed E-state index contributed by atoms with van der Waals surface area (Å²) in [7, 11) is -2.19. The zero-order valence-corrected chi connectivity index (χ0v) is 30.3. The standard InChI is InChI=1S/C39H49N5O5S/c1-24(2)20-41-21-28-17-27(41)22-43(28)38(46)39-19-33(39)32-18-29(49-3)11-13-30(32)36-35(25-8-5-4-6-9-25)31-12-10-26(16-34(31)44(36)23-39)37(45)40-50(47,48)42-14-7-15-42/h10-13,16,18,24-25,27-28,33H,4-9,14-15,17,19-23H2,1-3H3,(H,40,45)/t27-,28+,33?,39?/m0/s1. The first kappa shape index (κ1) is 32.5. The highest BCUT2D eigenvalue weighted by Gasteiger charge is 2.65. The second-order valence-electron chi connectivity index (χ2n) is 16.3. The SMILES string of the molecule is COc1ccc2c(c1)C1CC1(C(=O)N1C[C@@H]3C[C@@H]1CN3CC(C)C)Cn1c-2c(C2CCCCC2)c2ccc(C(=O)NS(=O)(=O)N3CCC3)cc21. The van der Waals surface area contributed by atoms with Gasteiger partial charge >= 0.3 is 10.2 Å². The van der Waals surface area contributed by atoms with Gasteiger partial charge in [-0.3, -0.25) is 14.5 Å². The number of methoxy groups -OCH3 is 1. The number of carbonyl (C=O) groups excluding carboxylic acids is 2. The van der Waals surface area contributed by atoms with E-state index in [4.69, 9.17) is 4.74 Å². The number of benzene rings is 2. The molecule has 4 atom stereocenters.